The number of nitrogens with zero attached hydrogens (tertiary/aromatic N) is 1. The number of ether oxygens (including phenoxy) is 2. The van der Waals surface area contributed by atoms with Crippen LogP contribution in [0.1, 0.15) is 42.7 Å². The van der Waals surface area contributed by atoms with E-state index in [0.717, 1.165) is 27.9 Å². The predicted octanol–water partition coefficient (Wildman–Crippen LogP) is 4.62. The Morgan fingerprint density at radius 1 is 1.00 bits per heavy atom. The molecule has 0 fully saturated rings. The van der Waals surface area contributed by atoms with Crippen molar-refractivity contribution in [2.45, 2.75) is 46.3 Å². The van der Waals surface area contributed by atoms with E-state index in [-0.39, 0.29) is 5.91 Å². The van der Waals surface area contributed by atoms with Gasteiger partial charge in [0.2, 0.25) is 5.88 Å². The number of rotatable bonds is 9. The van der Waals surface area contributed by atoms with E-state index < -0.39 is 16.6 Å². The van der Waals surface area contributed by atoms with Gasteiger partial charge < -0.3 is 14.6 Å². The van der Waals surface area contributed by atoms with Crippen molar-refractivity contribution in [2.24, 2.45) is 0 Å². The molecule has 4 rings (SSSR count). The third kappa shape index (κ3) is 6.19. The van der Waals surface area contributed by atoms with E-state index in [0.29, 0.717) is 41.7 Å². The number of benzene rings is 2. The van der Waals surface area contributed by atoms with Gasteiger partial charge in [0.25, 0.3) is 5.91 Å². The van der Waals surface area contributed by atoms with E-state index in [1.54, 1.807) is 38.1 Å². The van der Waals surface area contributed by atoms with Crippen molar-refractivity contribution < 1.29 is 23.6 Å². The third-order valence-corrected chi connectivity index (χ3v) is 7.09. The largest absolute Gasteiger partial charge is 0.489 e. The van der Waals surface area contributed by atoms with Crippen molar-refractivity contribution in [1.82, 2.24) is 9.71 Å². The molecule has 0 saturated carbocycles. The predicted molar refractivity (Wildman–Crippen MR) is 141 cm³/mol. The molecule has 0 spiro atoms. The molecule has 1 aliphatic heterocycles. The SMILES string of the molecule is Cc1nc(OCCC(C)(C)O)ccc1-c1cccc(COc2ccc(C3=CC(=O)NS3=O)cc2)c1C. The summed E-state index contributed by atoms with van der Waals surface area (Å²) in [4.78, 5) is 16.5. The van der Waals surface area contributed by atoms with Gasteiger partial charge in [-0.2, -0.15) is 0 Å². The minimum Gasteiger partial charge on any atom is -0.489 e. The molecule has 2 N–H and O–H groups in total. The molecule has 0 saturated heterocycles. The molecule has 1 amide bonds. The summed E-state index contributed by atoms with van der Waals surface area (Å²) in [5.41, 5.74) is 5.05. The lowest BCUT2D eigenvalue weighted by atomic mass is 9.96. The zero-order chi connectivity index (χ0) is 25.9. The first-order chi connectivity index (χ1) is 17.1. The van der Waals surface area contributed by atoms with Crippen molar-refractivity contribution in [2.75, 3.05) is 6.61 Å². The molecule has 0 aliphatic carbocycles. The van der Waals surface area contributed by atoms with Gasteiger partial charge in [0.15, 0.2) is 11.0 Å². The number of amides is 1. The maximum Gasteiger partial charge on any atom is 0.257 e. The van der Waals surface area contributed by atoms with Crippen LogP contribution >= 0.6 is 0 Å². The van der Waals surface area contributed by atoms with E-state index in [2.05, 4.69) is 22.7 Å². The first-order valence-corrected chi connectivity index (χ1v) is 12.8. The second-order valence-corrected chi connectivity index (χ2v) is 10.5. The summed E-state index contributed by atoms with van der Waals surface area (Å²) < 4.78 is 26.0. The van der Waals surface area contributed by atoms with Gasteiger partial charge in [0.05, 0.1) is 17.1 Å². The zero-order valence-corrected chi connectivity index (χ0v) is 21.6. The second-order valence-electron chi connectivity index (χ2n) is 9.34. The van der Waals surface area contributed by atoms with Gasteiger partial charge in [0.1, 0.15) is 12.4 Å². The molecule has 1 aliphatic rings. The van der Waals surface area contributed by atoms with Gasteiger partial charge in [-0.1, -0.05) is 30.3 Å². The highest BCUT2D eigenvalue weighted by Gasteiger charge is 2.21. The lowest BCUT2D eigenvalue weighted by Crippen LogP contribution is -2.22. The van der Waals surface area contributed by atoms with Crippen molar-refractivity contribution in [3.8, 4) is 22.8 Å². The van der Waals surface area contributed by atoms with E-state index in [1.807, 2.05) is 31.2 Å². The monoisotopic (exact) mass is 506 g/mol. The van der Waals surface area contributed by atoms with Crippen molar-refractivity contribution in [3.05, 3.63) is 83.1 Å². The van der Waals surface area contributed by atoms with E-state index in [4.69, 9.17) is 9.47 Å². The van der Waals surface area contributed by atoms with E-state index in [9.17, 15) is 14.1 Å². The van der Waals surface area contributed by atoms with Gasteiger partial charge in [-0.25, -0.2) is 9.19 Å². The smallest absolute Gasteiger partial charge is 0.257 e. The molecule has 0 radical (unpaired) electrons. The maximum atomic E-state index is 12.0. The Morgan fingerprint density at radius 3 is 2.39 bits per heavy atom. The van der Waals surface area contributed by atoms with Crippen LogP contribution < -0.4 is 14.2 Å². The molecule has 7 nitrogen and oxygen atoms in total. The number of hydrogen-bond acceptors (Lipinski definition) is 6. The number of carbonyl (C=O) groups is 1. The minimum absolute atomic E-state index is 0.350. The van der Waals surface area contributed by atoms with E-state index in [1.165, 1.54) is 6.08 Å². The lowest BCUT2D eigenvalue weighted by Gasteiger charge is -2.17. The second kappa shape index (κ2) is 10.6. The van der Waals surface area contributed by atoms with Crippen LogP contribution in [-0.2, 0) is 22.4 Å². The van der Waals surface area contributed by atoms with Crippen LogP contribution in [0.25, 0.3) is 16.0 Å². The fraction of sp³-hybridized carbons (Fsp3) is 0.286. The molecule has 1 unspecified atom stereocenters. The maximum absolute atomic E-state index is 12.0. The summed E-state index contributed by atoms with van der Waals surface area (Å²) in [6.45, 7) is 8.32. The Hall–Kier alpha value is -3.49. The third-order valence-electron chi connectivity index (χ3n) is 5.95. The average molecular weight is 507 g/mol. The standard InChI is InChI=1S/C28H30N2O5S/c1-18-21(17-35-22-10-8-20(9-11-22)25-16-26(31)30-36(25)33)6-5-7-23(18)24-12-13-27(29-19(24)2)34-15-14-28(3,4)32/h5-13,16,32H,14-15,17H2,1-4H3,(H,30,31). The Balaban J connectivity index is 1.44. The Morgan fingerprint density at radius 2 is 1.75 bits per heavy atom. The summed E-state index contributed by atoms with van der Waals surface area (Å²) in [6, 6.07) is 17.2. The number of hydrogen-bond donors (Lipinski definition) is 2. The number of pyridine rings is 1. The van der Waals surface area contributed by atoms with Gasteiger partial charge in [0, 0.05) is 29.8 Å². The quantitative estimate of drug-likeness (QED) is 0.440. The Labute approximate surface area is 213 Å². The highest BCUT2D eigenvalue weighted by Crippen LogP contribution is 2.30. The molecule has 2 heterocycles. The summed E-state index contributed by atoms with van der Waals surface area (Å²) in [5.74, 6) is 0.869. The van der Waals surface area contributed by atoms with Gasteiger partial charge in [-0.05, 0) is 68.1 Å². The van der Waals surface area contributed by atoms with Crippen LogP contribution in [0.5, 0.6) is 11.6 Å². The van der Waals surface area contributed by atoms with Crippen molar-refractivity contribution in [1.29, 1.82) is 0 Å². The number of aliphatic hydroxyl groups is 1. The number of aryl methyl sites for hydroxylation is 1. The average Bonchev–Trinajstić information content (AvgIpc) is 3.16. The fourth-order valence-corrected chi connectivity index (χ4v) is 4.77. The first-order valence-electron chi connectivity index (χ1n) is 11.7. The normalized spacial score (nSPS) is 15.4. The summed E-state index contributed by atoms with van der Waals surface area (Å²) in [7, 11) is -1.52. The fourth-order valence-electron chi connectivity index (χ4n) is 3.86. The summed E-state index contributed by atoms with van der Waals surface area (Å²) in [6.07, 6.45) is 1.87. The number of carbonyl (C=O) groups excluding carboxylic acids is 1. The molecule has 3 aromatic rings. The van der Waals surface area contributed by atoms with Crippen LogP contribution in [0.4, 0.5) is 0 Å². The number of aromatic nitrogens is 1. The van der Waals surface area contributed by atoms with Gasteiger partial charge >= 0.3 is 0 Å². The summed E-state index contributed by atoms with van der Waals surface area (Å²) in [5, 5.41) is 9.85. The van der Waals surface area contributed by atoms with Gasteiger partial charge in [-0.15, -0.1) is 0 Å². The zero-order valence-electron chi connectivity index (χ0n) is 20.8. The molecule has 1 aromatic heterocycles. The molecular weight excluding hydrogens is 476 g/mol. The topological polar surface area (TPSA) is 97.8 Å². The Bertz CT molecular complexity index is 1330. The van der Waals surface area contributed by atoms with Crippen LogP contribution in [0.15, 0.2) is 60.7 Å². The van der Waals surface area contributed by atoms with Crippen LogP contribution in [0.3, 0.4) is 0 Å². The molecule has 36 heavy (non-hydrogen) atoms. The highest BCUT2D eigenvalue weighted by molar-refractivity contribution is 7.93. The lowest BCUT2D eigenvalue weighted by molar-refractivity contribution is -0.114. The molecule has 188 valence electrons. The molecule has 2 aromatic carbocycles. The van der Waals surface area contributed by atoms with Crippen LogP contribution in [0, 0.1) is 13.8 Å². The van der Waals surface area contributed by atoms with Crippen LogP contribution in [0.2, 0.25) is 0 Å². The van der Waals surface area contributed by atoms with Crippen molar-refractivity contribution in [3.63, 3.8) is 0 Å². The molecular formula is C28H30N2O5S. The van der Waals surface area contributed by atoms with Crippen LogP contribution in [-0.4, -0.2) is 32.4 Å². The molecule has 1 atom stereocenters. The minimum atomic E-state index is -1.52. The number of nitrogens with one attached hydrogen (secondary N) is 1. The van der Waals surface area contributed by atoms with Gasteiger partial charge in [-0.3, -0.25) is 9.52 Å². The van der Waals surface area contributed by atoms with Crippen molar-refractivity contribution >= 4 is 21.8 Å². The Kier molecular flexibility index (Phi) is 7.56. The highest BCUT2D eigenvalue weighted by atomic mass is 32.2. The van der Waals surface area contributed by atoms with E-state index >= 15 is 0 Å². The molecule has 8 heteroatoms. The molecule has 0 bridgehead atoms. The summed E-state index contributed by atoms with van der Waals surface area (Å²) >= 11 is 0. The first kappa shape index (κ1) is 25.6.